The molecule has 0 N–H and O–H groups in total. The van der Waals surface area contributed by atoms with Crippen molar-refractivity contribution in [3.05, 3.63) is 63.1 Å². The van der Waals surface area contributed by atoms with Gasteiger partial charge in [-0.05, 0) is 54.7 Å². The van der Waals surface area contributed by atoms with Gasteiger partial charge in [0, 0.05) is 4.47 Å². The topological polar surface area (TPSA) is 18.5 Å². The van der Waals surface area contributed by atoms with Gasteiger partial charge in [0.15, 0.2) is 0 Å². The lowest BCUT2D eigenvalue weighted by molar-refractivity contribution is 0.0102. The predicted molar refractivity (Wildman–Crippen MR) is 88.0 cm³/mol. The van der Waals surface area contributed by atoms with Gasteiger partial charge in [0.25, 0.3) is 0 Å². The SMILES string of the molecule is Cc1cc(OCC2OCCc3ccccc32)cc(C)c1Br. The molecule has 0 spiro atoms. The maximum atomic E-state index is 5.97. The van der Waals surface area contributed by atoms with Gasteiger partial charge < -0.3 is 9.47 Å². The molecule has 110 valence electrons. The van der Waals surface area contributed by atoms with Crippen LogP contribution in [0.3, 0.4) is 0 Å². The van der Waals surface area contributed by atoms with Gasteiger partial charge in [-0.15, -0.1) is 0 Å². The molecule has 0 aromatic heterocycles. The Kier molecular flexibility index (Phi) is 4.32. The smallest absolute Gasteiger partial charge is 0.120 e. The average Bonchev–Trinajstić information content (AvgIpc) is 2.50. The van der Waals surface area contributed by atoms with E-state index in [2.05, 4.69) is 66.2 Å². The van der Waals surface area contributed by atoms with Crippen molar-refractivity contribution in [2.24, 2.45) is 0 Å². The van der Waals surface area contributed by atoms with Crippen molar-refractivity contribution in [1.29, 1.82) is 0 Å². The lowest BCUT2D eigenvalue weighted by Crippen LogP contribution is -2.21. The second kappa shape index (κ2) is 6.20. The predicted octanol–water partition coefficient (Wildman–Crippen LogP) is 4.76. The van der Waals surface area contributed by atoms with Crippen LogP contribution in [0.5, 0.6) is 5.75 Å². The van der Waals surface area contributed by atoms with E-state index in [1.54, 1.807) is 0 Å². The van der Waals surface area contributed by atoms with Crippen LogP contribution in [0.25, 0.3) is 0 Å². The van der Waals surface area contributed by atoms with E-state index in [-0.39, 0.29) is 6.10 Å². The van der Waals surface area contributed by atoms with Gasteiger partial charge in [0.2, 0.25) is 0 Å². The minimum Gasteiger partial charge on any atom is -0.490 e. The zero-order chi connectivity index (χ0) is 14.8. The third-order valence-corrected chi connectivity index (χ3v) is 5.15. The number of fused-ring (bicyclic) bond motifs is 1. The van der Waals surface area contributed by atoms with Crippen LogP contribution in [0.2, 0.25) is 0 Å². The van der Waals surface area contributed by atoms with E-state index in [1.807, 2.05) is 0 Å². The molecule has 0 aliphatic carbocycles. The molecule has 1 unspecified atom stereocenters. The molecule has 0 saturated heterocycles. The van der Waals surface area contributed by atoms with E-state index in [4.69, 9.17) is 9.47 Å². The van der Waals surface area contributed by atoms with Crippen molar-refractivity contribution in [3.8, 4) is 5.75 Å². The molecule has 0 saturated carbocycles. The molecule has 2 aromatic carbocycles. The average molecular weight is 347 g/mol. The van der Waals surface area contributed by atoms with E-state index in [1.165, 1.54) is 22.3 Å². The first kappa shape index (κ1) is 14.6. The molecule has 3 rings (SSSR count). The van der Waals surface area contributed by atoms with Crippen LogP contribution in [-0.4, -0.2) is 13.2 Å². The third-order valence-electron chi connectivity index (χ3n) is 3.90. The van der Waals surface area contributed by atoms with Gasteiger partial charge in [-0.2, -0.15) is 0 Å². The van der Waals surface area contributed by atoms with Crippen LogP contribution >= 0.6 is 15.9 Å². The first-order valence-electron chi connectivity index (χ1n) is 7.24. The van der Waals surface area contributed by atoms with Crippen LogP contribution in [0.15, 0.2) is 40.9 Å². The van der Waals surface area contributed by atoms with Crippen LogP contribution in [0.4, 0.5) is 0 Å². The lowest BCUT2D eigenvalue weighted by atomic mass is 9.98. The van der Waals surface area contributed by atoms with Crippen molar-refractivity contribution in [3.63, 3.8) is 0 Å². The summed E-state index contributed by atoms with van der Waals surface area (Å²) in [6, 6.07) is 12.6. The van der Waals surface area contributed by atoms with Gasteiger partial charge in [-0.3, -0.25) is 0 Å². The molecule has 1 aliphatic rings. The number of hydrogen-bond donors (Lipinski definition) is 0. The van der Waals surface area contributed by atoms with Crippen LogP contribution in [-0.2, 0) is 11.2 Å². The zero-order valence-corrected chi connectivity index (χ0v) is 13.9. The zero-order valence-electron chi connectivity index (χ0n) is 12.4. The molecule has 0 fully saturated rings. The van der Waals surface area contributed by atoms with E-state index >= 15 is 0 Å². The maximum Gasteiger partial charge on any atom is 0.120 e. The molecule has 1 aliphatic heterocycles. The minimum atomic E-state index is 0.0270. The highest BCUT2D eigenvalue weighted by Gasteiger charge is 2.21. The number of halogens is 1. The number of benzene rings is 2. The van der Waals surface area contributed by atoms with Crippen molar-refractivity contribution < 1.29 is 9.47 Å². The van der Waals surface area contributed by atoms with E-state index in [0.717, 1.165) is 23.2 Å². The summed E-state index contributed by atoms with van der Waals surface area (Å²) >= 11 is 3.58. The Morgan fingerprint density at radius 2 is 1.90 bits per heavy atom. The fraction of sp³-hybridized carbons (Fsp3) is 0.333. The Hall–Kier alpha value is -1.32. The largest absolute Gasteiger partial charge is 0.490 e. The number of ether oxygens (including phenoxy) is 2. The van der Waals surface area contributed by atoms with Crippen molar-refractivity contribution >= 4 is 15.9 Å². The van der Waals surface area contributed by atoms with E-state index in [0.29, 0.717) is 6.61 Å². The van der Waals surface area contributed by atoms with Crippen molar-refractivity contribution in [2.45, 2.75) is 26.4 Å². The molecule has 1 heterocycles. The van der Waals surface area contributed by atoms with Crippen molar-refractivity contribution in [2.75, 3.05) is 13.2 Å². The molecule has 2 aromatic rings. The Labute approximate surface area is 134 Å². The summed E-state index contributed by atoms with van der Waals surface area (Å²) in [6.45, 7) is 5.48. The lowest BCUT2D eigenvalue weighted by Gasteiger charge is -2.26. The molecule has 0 radical (unpaired) electrons. The van der Waals surface area contributed by atoms with Crippen LogP contribution in [0, 0.1) is 13.8 Å². The second-order valence-electron chi connectivity index (χ2n) is 5.49. The Balaban J connectivity index is 1.74. The summed E-state index contributed by atoms with van der Waals surface area (Å²) in [5.74, 6) is 0.903. The highest BCUT2D eigenvalue weighted by molar-refractivity contribution is 9.10. The van der Waals surface area contributed by atoms with Gasteiger partial charge in [-0.25, -0.2) is 0 Å². The van der Waals surface area contributed by atoms with E-state index in [9.17, 15) is 0 Å². The Morgan fingerprint density at radius 3 is 2.67 bits per heavy atom. The monoisotopic (exact) mass is 346 g/mol. The number of rotatable bonds is 3. The highest BCUT2D eigenvalue weighted by Crippen LogP contribution is 2.30. The van der Waals surface area contributed by atoms with Crippen molar-refractivity contribution in [1.82, 2.24) is 0 Å². The normalized spacial score (nSPS) is 17.4. The first-order valence-corrected chi connectivity index (χ1v) is 8.03. The quantitative estimate of drug-likeness (QED) is 0.797. The molecular weight excluding hydrogens is 328 g/mol. The summed E-state index contributed by atoms with van der Waals surface area (Å²) in [6.07, 6.45) is 1.02. The fourth-order valence-corrected chi connectivity index (χ4v) is 3.01. The minimum absolute atomic E-state index is 0.0270. The molecule has 0 amide bonds. The van der Waals surface area contributed by atoms with E-state index < -0.39 is 0 Å². The number of aryl methyl sites for hydroxylation is 2. The van der Waals surface area contributed by atoms with Crippen LogP contribution < -0.4 is 4.74 Å². The summed E-state index contributed by atoms with van der Waals surface area (Å²) in [7, 11) is 0. The molecule has 21 heavy (non-hydrogen) atoms. The molecular formula is C18H19BrO2. The summed E-state index contributed by atoms with van der Waals surface area (Å²) < 4.78 is 13.0. The van der Waals surface area contributed by atoms with Crippen LogP contribution in [0.1, 0.15) is 28.4 Å². The summed E-state index contributed by atoms with van der Waals surface area (Å²) in [5, 5.41) is 0. The van der Waals surface area contributed by atoms with Gasteiger partial charge >= 0.3 is 0 Å². The summed E-state index contributed by atoms with van der Waals surface area (Å²) in [5.41, 5.74) is 5.01. The standard InChI is InChI=1S/C18H19BrO2/c1-12-9-15(10-13(2)18(12)19)21-11-17-16-6-4-3-5-14(16)7-8-20-17/h3-6,9-10,17H,7-8,11H2,1-2H3. The second-order valence-corrected chi connectivity index (χ2v) is 6.28. The molecule has 3 heteroatoms. The highest BCUT2D eigenvalue weighted by atomic mass is 79.9. The van der Waals surface area contributed by atoms with Gasteiger partial charge in [-0.1, -0.05) is 40.2 Å². The fourth-order valence-electron chi connectivity index (χ4n) is 2.78. The Bertz CT molecular complexity index is 628. The maximum absolute atomic E-state index is 5.97. The molecule has 2 nitrogen and oxygen atoms in total. The third kappa shape index (κ3) is 3.14. The van der Waals surface area contributed by atoms with Gasteiger partial charge in [0.05, 0.1) is 6.61 Å². The van der Waals surface area contributed by atoms with Gasteiger partial charge in [0.1, 0.15) is 18.5 Å². The number of hydrogen-bond acceptors (Lipinski definition) is 2. The summed E-state index contributed by atoms with van der Waals surface area (Å²) in [4.78, 5) is 0. The molecule has 1 atom stereocenters. The Morgan fingerprint density at radius 1 is 1.19 bits per heavy atom. The molecule has 0 bridgehead atoms. The first-order chi connectivity index (χ1) is 10.1.